The first-order chi connectivity index (χ1) is 7.97. The van der Waals surface area contributed by atoms with Gasteiger partial charge in [-0.2, -0.15) is 11.8 Å². The Morgan fingerprint density at radius 3 is 2.76 bits per heavy atom. The van der Waals surface area contributed by atoms with Gasteiger partial charge in [-0.25, -0.2) is 0 Å². The molecule has 1 rings (SSSR count). The van der Waals surface area contributed by atoms with E-state index in [0.717, 1.165) is 17.9 Å². The smallest absolute Gasteiger partial charge is 0.236 e. The third-order valence-electron chi connectivity index (χ3n) is 3.63. The van der Waals surface area contributed by atoms with Gasteiger partial charge in [-0.3, -0.25) is 4.79 Å². The van der Waals surface area contributed by atoms with Gasteiger partial charge >= 0.3 is 0 Å². The van der Waals surface area contributed by atoms with Gasteiger partial charge in [0, 0.05) is 18.8 Å². The lowest BCUT2D eigenvalue weighted by atomic mass is 9.84. The Morgan fingerprint density at radius 1 is 1.71 bits per heavy atom. The van der Waals surface area contributed by atoms with Crippen molar-refractivity contribution < 1.29 is 10.0 Å². The number of carbonyl (C=O) groups excluding carboxylic acids is 1. The van der Waals surface area contributed by atoms with E-state index in [4.69, 9.17) is 10.9 Å². The van der Waals surface area contributed by atoms with Crippen molar-refractivity contribution in [3.63, 3.8) is 0 Å². The van der Waals surface area contributed by atoms with Crippen molar-refractivity contribution >= 4 is 23.5 Å². The quantitative estimate of drug-likeness (QED) is 0.343. The maximum Gasteiger partial charge on any atom is 0.236 e. The SMILES string of the molecule is CCC(C)(C(=O)N(C)C1CCSC1)C(N)=NO. The molecule has 5 nitrogen and oxygen atoms in total. The summed E-state index contributed by atoms with van der Waals surface area (Å²) in [5.41, 5.74) is 4.74. The van der Waals surface area contributed by atoms with Gasteiger partial charge in [0.1, 0.15) is 5.41 Å². The molecule has 6 heteroatoms. The average molecular weight is 259 g/mol. The van der Waals surface area contributed by atoms with E-state index in [0.29, 0.717) is 6.42 Å². The molecule has 0 bridgehead atoms. The van der Waals surface area contributed by atoms with E-state index in [-0.39, 0.29) is 17.8 Å². The Morgan fingerprint density at radius 2 is 2.35 bits per heavy atom. The van der Waals surface area contributed by atoms with Crippen LogP contribution in [0.25, 0.3) is 0 Å². The Hall–Kier alpha value is -0.910. The van der Waals surface area contributed by atoms with E-state index < -0.39 is 5.41 Å². The van der Waals surface area contributed by atoms with Crippen molar-refractivity contribution in [3.8, 4) is 0 Å². The van der Waals surface area contributed by atoms with Crippen LogP contribution >= 0.6 is 11.8 Å². The summed E-state index contributed by atoms with van der Waals surface area (Å²) in [5.74, 6) is 1.98. The average Bonchev–Trinajstić information content (AvgIpc) is 2.88. The molecule has 17 heavy (non-hydrogen) atoms. The van der Waals surface area contributed by atoms with Gasteiger partial charge in [0.2, 0.25) is 5.91 Å². The van der Waals surface area contributed by atoms with Crippen LogP contribution in [0.2, 0.25) is 0 Å². The van der Waals surface area contributed by atoms with Crippen LogP contribution in [-0.2, 0) is 4.79 Å². The van der Waals surface area contributed by atoms with Crippen molar-refractivity contribution in [1.82, 2.24) is 4.90 Å². The molecule has 2 atom stereocenters. The first-order valence-corrected chi connectivity index (χ1v) is 6.95. The zero-order valence-electron chi connectivity index (χ0n) is 10.6. The van der Waals surface area contributed by atoms with Crippen LogP contribution in [0.5, 0.6) is 0 Å². The molecule has 1 amide bonds. The third kappa shape index (κ3) is 2.68. The lowest BCUT2D eigenvalue weighted by Gasteiger charge is -2.33. The number of nitrogens with two attached hydrogens (primary N) is 1. The highest BCUT2D eigenvalue weighted by atomic mass is 32.2. The number of thioether (sulfide) groups is 1. The van der Waals surface area contributed by atoms with Crippen molar-refractivity contribution in [3.05, 3.63) is 0 Å². The van der Waals surface area contributed by atoms with E-state index in [1.54, 1.807) is 18.9 Å². The summed E-state index contributed by atoms with van der Waals surface area (Å²) in [6.45, 7) is 3.59. The maximum absolute atomic E-state index is 12.4. The Labute approximate surface area is 106 Å². The summed E-state index contributed by atoms with van der Waals surface area (Å²) in [6.07, 6.45) is 1.54. The van der Waals surface area contributed by atoms with Crippen molar-refractivity contribution in [2.75, 3.05) is 18.6 Å². The van der Waals surface area contributed by atoms with Gasteiger partial charge in [0.25, 0.3) is 0 Å². The fraction of sp³-hybridized carbons (Fsp3) is 0.818. The third-order valence-corrected chi connectivity index (χ3v) is 4.77. The Bertz CT molecular complexity index is 316. The number of nitrogens with zero attached hydrogens (tertiary/aromatic N) is 2. The summed E-state index contributed by atoms with van der Waals surface area (Å²) in [5, 5.41) is 11.8. The summed E-state index contributed by atoms with van der Waals surface area (Å²) in [7, 11) is 1.80. The van der Waals surface area contributed by atoms with E-state index in [1.807, 2.05) is 18.7 Å². The lowest BCUT2D eigenvalue weighted by molar-refractivity contribution is -0.138. The predicted molar refractivity (Wildman–Crippen MR) is 70.3 cm³/mol. The fourth-order valence-corrected chi connectivity index (χ4v) is 3.20. The van der Waals surface area contributed by atoms with E-state index in [1.165, 1.54) is 0 Å². The van der Waals surface area contributed by atoms with Crippen LogP contribution in [0.1, 0.15) is 26.7 Å². The summed E-state index contributed by atoms with van der Waals surface area (Å²) in [4.78, 5) is 14.2. The molecule has 2 unspecified atom stereocenters. The Kier molecular flexibility index (Phi) is 4.68. The minimum Gasteiger partial charge on any atom is -0.409 e. The van der Waals surface area contributed by atoms with Crippen molar-refractivity contribution in [2.24, 2.45) is 16.3 Å². The molecule has 3 N–H and O–H groups in total. The highest BCUT2D eigenvalue weighted by Crippen LogP contribution is 2.28. The molecule has 1 aliphatic heterocycles. The highest BCUT2D eigenvalue weighted by molar-refractivity contribution is 7.99. The van der Waals surface area contributed by atoms with Crippen LogP contribution in [0.4, 0.5) is 0 Å². The molecule has 0 radical (unpaired) electrons. The van der Waals surface area contributed by atoms with Crippen LogP contribution in [0.3, 0.4) is 0 Å². The van der Waals surface area contributed by atoms with Crippen LogP contribution in [0.15, 0.2) is 5.16 Å². The zero-order chi connectivity index (χ0) is 13.1. The molecule has 1 heterocycles. The molecule has 0 aliphatic carbocycles. The Balaban J connectivity index is 2.85. The zero-order valence-corrected chi connectivity index (χ0v) is 11.5. The van der Waals surface area contributed by atoms with E-state index in [2.05, 4.69) is 5.16 Å². The maximum atomic E-state index is 12.4. The van der Waals surface area contributed by atoms with Crippen LogP contribution in [0, 0.1) is 5.41 Å². The molecule has 0 aromatic carbocycles. The van der Waals surface area contributed by atoms with E-state index >= 15 is 0 Å². The molecule has 0 aromatic heterocycles. The van der Waals surface area contributed by atoms with Gasteiger partial charge in [0.15, 0.2) is 5.84 Å². The fourth-order valence-electron chi connectivity index (χ4n) is 1.93. The van der Waals surface area contributed by atoms with Crippen LogP contribution < -0.4 is 5.73 Å². The molecular weight excluding hydrogens is 238 g/mol. The predicted octanol–water partition coefficient (Wildman–Crippen LogP) is 1.11. The van der Waals surface area contributed by atoms with E-state index in [9.17, 15) is 4.79 Å². The van der Waals surface area contributed by atoms with Crippen molar-refractivity contribution in [1.29, 1.82) is 0 Å². The second-order valence-electron chi connectivity index (χ2n) is 4.60. The van der Waals surface area contributed by atoms with Gasteiger partial charge in [-0.05, 0) is 25.5 Å². The number of carbonyl (C=O) groups is 1. The summed E-state index contributed by atoms with van der Waals surface area (Å²) >= 11 is 1.86. The number of amidine groups is 1. The van der Waals surface area contributed by atoms with Gasteiger partial charge in [0.05, 0.1) is 0 Å². The first kappa shape index (κ1) is 14.2. The normalized spacial score (nSPS) is 24.4. The molecule has 1 aliphatic rings. The molecule has 0 saturated carbocycles. The highest BCUT2D eigenvalue weighted by Gasteiger charge is 2.40. The number of rotatable bonds is 4. The minimum absolute atomic E-state index is 0.0116. The molecular formula is C11H21N3O2S. The molecule has 0 aromatic rings. The lowest BCUT2D eigenvalue weighted by Crippen LogP contribution is -2.51. The minimum atomic E-state index is -0.906. The number of oxime groups is 1. The molecule has 1 saturated heterocycles. The van der Waals surface area contributed by atoms with Crippen LogP contribution in [-0.4, -0.2) is 46.4 Å². The largest absolute Gasteiger partial charge is 0.409 e. The monoisotopic (exact) mass is 259 g/mol. The number of hydrogen-bond donors (Lipinski definition) is 2. The first-order valence-electron chi connectivity index (χ1n) is 5.80. The summed E-state index contributed by atoms with van der Waals surface area (Å²) in [6, 6.07) is 0.268. The van der Waals surface area contributed by atoms with Gasteiger partial charge in [-0.1, -0.05) is 12.1 Å². The second-order valence-corrected chi connectivity index (χ2v) is 5.75. The molecule has 0 spiro atoms. The number of amides is 1. The molecule has 1 fully saturated rings. The van der Waals surface area contributed by atoms with Gasteiger partial charge < -0.3 is 15.8 Å². The molecule has 98 valence electrons. The topological polar surface area (TPSA) is 78.9 Å². The van der Waals surface area contributed by atoms with Crippen molar-refractivity contribution in [2.45, 2.75) is 32.7 Å². The standard InChI is InChI=1S/C11H21N3O2S/c1-4-11(2,9(12)13-16)10(15)14(3)8-5-6-17-7-8/h8,16H,4-7H2,1-3H3,(H2,12,13). The summed E-state index contributed by atoms with van der Waals surface area (Å²) < 4.78 is 0. The van der Waals surface area contributed by atoms with Gasteiger partial charge in [-0.15, -0.1) is 0 Å². The number of hydrogen-bond acceptors (Lipinski definition) is 4. The second kappa shape index (κ2) is 5.62.